The van der Waals surface area contributed by atoms with Crippen LogP contribution in [-0.4, -0.2) is 4.57 Å². The molecule has 0 bridgehead atoms. The van der Waals surface area contributed by atoms with Gasteiger partial charge in [-0.15, -0.1) is 0 Å². The fraction of sp³-hybridized carbons (Fsp3) is 0.412. The summed E-state index contributed by atoms with van der Waals surface area (Å²) < 4.78 is 6.31. The van der Waals surface area contributed by atoms with Crippen molar-refractivity contribution in [2.75, 3.05) is 0 Å². The lowest BCUT2D eigenvalue weighted by Gasteiger charge is -1.94. The molecule has 22 heavy (non-hydrogen) atoms. The van der Waals surface area contributed by atoms with Crippen molar-refractivity contribution in [1.82, 2.24) is 4.57 Å². The SMILES string of the molecule is C=CCn1cc[n+](C)c1.CCCC[n+]1cccc(C)c1.[Cl-].[Cl-]. The van der Waals surface area contributed by atoms with Gasteiger partial charge in [0.2, 0.25) is 6.33 Å². The molecule has 0 aliphatic rings. The van der Waals surface area contributed by atoms with Gasteiger partial charge in [-0.2, -0.15) is 0 Å². The number of nitrogens with zero attached hydrogens (tertiary/aromatic N) is 3. The molecule has 0 spiro atoms. The van der Waals surface area contributed by atoms with E-state index < -0.39 is 0 Å². The molecule has 2 rings (SSSR count). The van der Waals surface area contributed by atoms with Gasteiger partial charge in [0, 0.05) is 18.1 Å². The van der Waals surface area contributed by atoms with Gasteiger partial charge in [0.1, 0.15) is 25.5 Å². The Bertz CT molecular complexity index is 524. The molecule has 124 valence electrons. The minimum atomic E-state index is 0. The number of unbranched alkanes of at least 4 members (excludes halogenated alkanes) is 1. The average molecular weight is 344 g/mol. The van der Waals surface area contributed by atoms with E-state index in [9.17, 15) is 0 Å². The van der Waals surface area contributed by atoms with Crippen molar-refractivity contribution < 1.29 is 33.9 Å². The topological polar surface area (TPSA) is 12.7 Å². The maximum atomic E-state index is 3.64. The number of aromatic nitrogens is 3. The van der Waals surface area contributed by atoms with E-state index in [0.29, 0.717) is 0 Å². The highest BCUT2D eigenvalue weighted by atomic mass is 35.5. The quantitative estimate of drug-likeness (QED) is 0.396. The van der Waals surface area contributed by atoms with E-state index in [1.54, 1.807) is 0 Å². The number of imidazole rings is 1. The fourth-order valence-electron chi connectivity index (χ4n) is 1.89. The van der Waals surface area contributed by atoms with Gasteiger partial charge >= 0.3 is 0 Å². The Labute approximate surface area is 147 Å². The van der Waals surface area contributed by atoms with Gasteiger partial charge in [-0.1, -0.05) is 26.0 Å². The summed E-state index contributed by atoms with van der Waals surface area (Å²) in [6.45, 7) is 10.0. The van der Waals surface area contributed by atoms with Gasteiger partial charge in [-0.3, -0.25) is 0 Å². The minimum Gasteiger partial charge on any atom is -1.00 e. The van der Waals surface area contributed by atoms with Crippen LogP contribution >= 0.6 is 0 Å². The van der Waals surface area contributed by atoms with E-state index >= 15 is 0 Å². The molecule has 2 heterocycles. The first-order valence-electron chi connectivity index (χ1n) is 7.23. The lowest BCUT2D eigenvalue weighted by molar-refractivity contribution is -0.697. The number of aryl methyl sites for hydroxylation is 3. The molecule has 0 saturated carbocycles. The predicted molar refractivity (Wildman–Crippen MR) is 82.1 cm³/mol. The molecule has 0 amide bonds. The first kappa shape index (κ1) is 23.0. The van der Waals surface area contributed by atoms with Crippen LogP contribution in [-0.2, 0) is 20.1 Å². The summed E-state index contributed by atoms with van der Waals surface area (Å²) in [6.07, 6.45) is 14.8. The van der Waals surface area contributed by atoms with Crippen LogP contribution in [0.4, 0.5) is 0 Å². The van der Waals surface area contributed by atoms with Crippen LogP contribution < -0.4 is 33.9 Å². The molecule has 2 aromatic rings. The Morgan fingerprint density at radius 3 is 2.50 bits per heavy atom. The number of pyridine rings is 1. The van der Waals surface area contributed by atoms with Gasteiger partial charge in [-0.25, -0.2) is 13.7 Å². The van der Waals surface area contributed by atoms with Crippen LogP contribution in [0.3, 0.4) is 0 Å². The maximum Gasteiger partial charge on any atom is 0.243 e. The first-order valence-corrected chi connectivity index (χ1v) is 7.23. The molecule has 0 radical (unpaired) electrons. The molecule has 0 aromatic carbocycles. The van der Waals surface area contributed by atoms with Crippen LogP contribution in [0.2, 0.25) is 0 Å². The standard InChI is InChI=1S/C10H16N.C7H11N2.2ClH/c1-3-4-7-11-8-5-6-10(2)9-11;1-3-4-9-6-5-8(2)7-9;;/h5-6,8-9H,3-4,7H2,1-2H3;3,5-7H,1,4H2,2H3;2*1H/q2*+1;;/p-2. The van der Waals surface area contributed by atoms with E-state index in [4.69, 9.17) is 0 Å². The Balaban J connectivity index is 0. The molecule has 0 saturated heterocycles. The van der Waals surface area contributed by atoms with Crippen molar-refractivity contribution in [2.24, 2.45) is 7.05 Å². The zero-order valence-corrected chi connectivity index (χ0v) is 15.3. The van der Waals surface area contributed by atoms with E-state index in [0.717, 1.165) is 13.1 Å². The number of allylic oxidation sites excluding steroid dienone is 1. The summed E-state index contributed by atoms with van der Waals surface area (Å²) in [5.41, 5.74) is 1.34. The van der Waals surface area contributed by atoms with Crippen LogP contribution in [0.1, 0.15) is 25.3 Å². The zero-order valence-electron chi connectivity index (χ0n) is 13.8. The smallest absolute Gasteiger partial charge is 0.243 e. The molecule has 2 aromatic heterocycles. The van der Waals surface area contributed by atoms with Crippen LogP contribution in [0, 0.1) is 6.92 Å². The van der Waals surface area contributed by atoms with Crippen LogP contribution in [0.5, 0.6) is 0 Å². The molecule has 0 fully saturated rings. The number of rotatable bonds is 5. The van der Waals surface area contributed by atoms with E-state index in [-0.39, 0.29) is 24.8 Å². The summed E-state index contributed by atoms with van der Waals surface area (Å²) in [4.78, 5) is 0. The van der Waals surface area contributed by atoms with Crippen LogP contribution in [0.15, 0.2) is 55.9 Å². The molecular formula is C17H27Cl2N3. The number of hydrogen-bond donors (Lipinski definition) is 0. The third-order valence-electron chi connectivity index (χ3n) is 2.94. The fourth-order valence-corrected chi connectivity index (χ4v) is 1.89. The first-order chi connectivity index (χ1) is 9.65. The van der Waals surface area contributed by atoms with Crippen LogP contribution in [0.25, 0.3) is 0 Å². The zero-order chi connectivity index (χ0) is 14.8. The van der Waals surface area contributed by atoms with E-state index in [1.165, 1.54) is 18.4 Å². The Hall–Kier alpha value is -1.32. The van der Waals surface area contributed by atoms with Crippen molar-refractivity contribution in [3.63, 3.8) is 0 Å². The van der Waals surface area contributed by atoms with Crippen molar-refractivity contribution in [3.8, 4) is 0 Å². The van der Waals surface area contributed by atoms with Gasteiger partial charge in [-0.05, 0) is 13.0 Å². The number of halogens is 2. The summed E-state index contributed by atoms with van der Waals surface area (Å²) in [6, 6.07) is 4.23. The van der Waals surface area contributed by atoms with Gasteiger partial charge in [0.25, 0.3) is 0 Å². The van der Waals surface area contributed by atoms with E-state index in [1.807, 2.05) is 36.4 Å². The third-order valence-corrected chi connectivity index (χ3v) is 2.94. The summed E-state index contributed by atoms with van der Waals surface area (Å²) in [5, 5.41) is 0. The Kier molecular flexibility index (Phi) is 13.9. The normalized spacial score (nSPS) is 8.86. The molecule has 0 N–H and O–H groups in total. The summed E-state index contributed by atoms with van der Waals surface area (Å²) in [5.74, 6) is 0. The third kappa shape index (κ3) is 9.59. The highest BCUT2D eigenvalue weighted by Crippen LogP contribution is 1.91. The Morgan fingerprint density at radius 2 is 2.00 bits per heavy atom. The second-order valence-corrected chi connectivity index (χ2v) is 5.04. The summed E-state index contributed by atoms with van der Waals surface area (Å²) in [7, 11) is 2.00. The molecule has 0 atom stereocenters. The monoisotopic (exact) mass is 343 g/mol. The molecule has 5 heteroatoms. The van der Waals surface area contributed by atoms with Crippen molar-refractivity contribution >= 4 is 0 Å². The minimum absolute atomic E-state index is 0. The highest BCUT2D eigenvalue weighted by Gasteiger charge is 1.97. The largest absolute Gasteiger partial charge is 1.00 e. The molecule has 0 aliphatic heterocycles. The summed E-state index contributed by atoms with van der Waals surface area (Å²) >= 11 is 0. The number of hydrogen-bond acceptors (Lipinski definition) is 0. The second kappa shape index (κ2) is 13.4. The van der Waals surface area contributed by atoms with Crippen molar-refractivity contribution in [3.05, 3.63) is 61.5 Å². The van der Waals surface area contributed by atoms with Gasteiger partial charge in [0.05, 0.1) is 7.05 Å². The highest BCUT2D eigenvalue weighted by molar-refractivity contribution is 5.01. The molecule has 3 nitrogen and oxygen atoms in total. The second-order valence-electron chi connectivity index (χ2n) is 5.04. The lowest BCUT2D eigenvalue weighted by atomic mass is 10.3. The van der Waals surface area contributed by atoms with Crippen molar-refractivity contribution in [1.29, 1.82) is 0 Å². The molecular weight excluding hydrogens is 317 g/mol. The lowest BCUT2D eigenvalue weighted by Crippen LogP contribution is -3.00. The molecule has 0 unspecified atom stereocenters. The van der Waals surface area contributed by atoms with Gasteiger partial charge in [0.15, 0.2) is 12.4 Å². The van der Waals surface area contributed by atoms with Gasteiger partial charge < -0.3 is 24.8 Å². The average Bonchev–Trinajstić information content (AvgIpc) is 2.83. The molecule has 0 aliphatic carbocycles. The van der Waals surface area contributed by atoms with Crippen molar-refractivity contribution in [2.45, 2.75) is 39.8 Å². The predicted octanol–water partition coefficient (Wildman–Crippen LogP) is -3.41. The van der Waals surface area contributed by atoms with E-state index in [2.05, 4.69) is 54.1 Å². The Morgan fingerprint density at radius 1 is 1.27 bits per heavy atom. The maximum absolute atomic E-state index is 3.64.